The average Bonchev–Trinajstić information content (AvgIpc) is 2.68. The van der Waals surface area contributed by atoms with Crippen LogP contribution in [-0.2, 0) is 6.42 Å². The zero-order valence-electron chi connectivity index (χ0n) is 15.2. The SMILES string of the molecule is COc1ccc(CC2CCN(C(=O)c3ccc(Cl)cc3)CC2)cc1OC. The minimum Gasteiger partial charge on any atom is -0.493 e. The van der Waals surface area contributed by atoms with Gasteiger partial charge in [0.2, 0.25) is 0 Å². The Kier molecular flexibility index (Phi) is 6.04. The Balaban J connectivity index is 1.57. The number of methoxy groups -OCH3 is 2. The lowest BCUT2D eigenvalue weighted by atomic mass is 9.90. The van der Waals surface area contributed by atoms with Crippen LogP contribution in [0.3, 0.4) is 0 Å². The van der Waals surface area contributed by atoms with E-state index in [4.69, 9.17) is 21.1 Å². The van der Waals surface area contributed by atoms with Crippen LogP contribution in [0.4, 0.5) is 0 Å². The van der Waals surface area contributed by atoms with Crippen LogP contribution < -0.4 is 9.47 Å². The molecule has 0 unspecified atom stereocenters. The standard InChI is InChI=1S/C21H24ClNO3/c1-25-19-8-3-16(14-20(19)26-2)13-15-9-11-23(12-10-15)21(24)17-4-6-18(22)7-5-17/h3-8,14-15H,9-13H2,1-2H3. The van der Waals surface area contributed by atoms with Gasteiger partial charge >= 0.3 is 0 Å². The molecular formula is C21H24ClNO3. The van der Waals surface area contributed by atoms with Gasteiger partial charge in [-0.05, 0) is 67.1 Å². The molecule has 1 fully saturated rings. The van der Waals surface area contributed by atoms with Crippen molar-refractivity contribution in [1.29, 1.82) is 0 Å². The molecule has 2 aromatic carbocycles. The van der Waals surface area contributed by atoms with Crippen LogP contribution in [0.15, 0.2) is 42.5 Å². The van der Waals surface area contributed by atoms with Crippen molar-refractivity contribution in [3.05, 3.63) is 58.6 Å². The fourth-order valence-electron chi connectivity index (χ4n) is 3.46. The molecule has 1 heterocycles. The highest BCUT2D eigenvalue weighted by Crippen LogP contribution is 2.30. The Labute approximate surface area is 159 Å². The third-order valence-electron chi connectivity index (χ3n) is 4.97. The van der Waals surface area contributed by atoms with E-state index in [1.807, 2.05) is 17.0 Å². The van der Waals surface area contributed by atoms with Crippen molar-refractivity contribution >= 4 is 17.5 Å². The molecule has 0 N–H and O–H groups in total. The summed E-state index contributed by atoms with van der Waals surface area (Å²) in [5.74, 6) is 2.17. The second-order valence-electron chi connectivity index (χ2n) is 6.64. The van der Waals surface area contributed by atoms with E-state index in [1.54, 1.807) is 38.5 Å². The van der Waals surface area contributed by atoms with E-state index in [2.05, 4.69) is 6.07 Å². The predicted octanol–water partition coefficient (Wildman–Crippen LogP) is 4.45. The van der Waals surface area contributed by atoms with Gasteiger partial charge in [0, 0.05) is 23.7 Å². The van der Waals surface area contributed by atoms with E-state index >= 15 is 0 Å². The van der Waals surface area contributed by atoms with Gasteiger partial charge in [-0.2, -0.15) is 0 Å². The smallest absolute Gasteiger partial charge is 0.253 e. The van der Waals surface area contributed by atoms with Gasteiger partial charge in [0.05, 0.1) is 14.2 Å². The van der Waals surface area contributed by atoms with Crippen molar-refractivity contribution in [2.75, 3.05) is 27.3 Å². The van der Waals surface area contributed by atoms with Gasteiger partial charge in [-0.1, -0.05) is 17.7 Å². The minimum atomic E-state index is 0.0891. The molecule has 0 saturated carbocycles. The maximum absolute atomic E-state index is 12.6. The first kappa shape index (κ1) is 18.6. The molecule has 2 aromatic rings. The third-order valence-corrected chi connectivity index (χ3v) is 5.22. The van der Waals surface area contributed by atoms with E-state index in [0.29, 0.717) is 16.5 Å². The molecule has 0 bridgehead atoms. The van der Waals surface area contributed by atoms with Crippen LogP contribution in [0.1, 0.15) is 28.8 Å². The molecular weight excluding hydrogens is 350 g/mol. The predicted molar refractivity (Wildman–Crippen MR) is 103 cm³/mol. The van der Waals surface area contributed by atoms with Crippen molar-refractivity contribution in [1.82, 2.24) is 4.90 Å². The quantitative estimate of drug-likeness (QED) is 0.777. The summed E-state index contributed by atoms with van der Waals surface area (Å²) in [4.78, 5) is 14.5. The number of benzene rings is 2. The fraction of sp³-hybridized carbons (Fsp3) is 0.381. The first-order chi connectivity index (χ1) is 12.6. The molecule has 4 nitrogen and oxygen atoms in total. The first-order valence-electron chi connectivity index (χ1n) is 8.86. The van der Waals surface area contributed by atoms with Gasteiger partial charge in [-0.15, -0.1) is 0 Å². The fourth-order valence-corrected chi connectivity index (χ4v) is 3.58. The second-order valence-corrected chi connectivity index (χ2v) is 7.07. The number of halogens is 1. The van der Waals surface area contributed by atoms with Gasteiger partial charge in [-0.25, -0.2) is 0 Å². The third kappa shape index (κ3) is 4.31. The van der Waals surface area contributed by atoms with Crippen LogP contribution >= 0.6 is 11.6 Å². The van der Waals surface area contributed by atoms with Crippen LogP contribution in [0.5, 0.6) is 11.5 Å². The van der Waals surface area contributed by atoms with Crippen molar-refractivity contribution in [3.63, 3.8) is 0 Å². The summed E-state index contributed by atoms with van der Waals surface area (Å²) in [5.41, 5.74) is 1.94. The summed E-state index contributed by atoms with van der Waals surface area (Å²) < 4.78 is 10.7. The van der Waals surface area contributed by atoms with Crippen molar-refractivity contribution in [2.24, 2.45) is 5.92 Å². The molecule has 0 atom stereocenters. The van der Waals surface area contributed by atoms with Crippen LogP contribution in [-0.4, -0.2) is 38.1 Å². The summed E-state index contributed by atoms with van der Waals surface area (Å²) in [6.45, 7) is 1.58. The molecule has 0 spiro atoms. The zero-order chi connectivity index (χ0) is 18.5. The van der Waals surface area contributed by atoms with Crippen LogP contribution in [0.2, 0.25) is 5.02 Å². The van der Waals surface area contributed by atoms with E-state index in [1.165, 1.54) is 5.56 Å². The second kappa shape index (κ2) is 8.45. The normalized spacial score (nSPS) is 15.0. The Morgan fingerprint density at radius 2 is 1.69 bits per heavy atom. The molecule has 1 aliphatic heterocycles. The first-order valence-corrected chi connectivity index (χ1v) is 9.24. The number of ether oxygens (including phenoxy) is 2. The average molecular weight is 374 g/mol. The molecule has 0 aromatic heterocycles. The van der Waals surface area contributed by atoms with E-state index < -0.39 is 0 Å². The molecule has 1 amide bonds. The number of carbonyl (C=O) groups excluding carboxylic acids is 1. The summed E-state index contributed by atoms with van der Waals surface area (Å²) >= 11 is 5.90. The Hall–Kier alpha value is -2.20. The number of amides is 1. The van der Waals surface area contributed by atoms with Crippen LogP contribution in [0, 0.1) is 5.92 Å². The maximum Gasteiger partial charge on any atom is 0.253 e. The maximum atomic E-state index is 12.6. The number of rotatable bonds is 5. The zero-order valence-corrected chi connectivity index (χ0v) is 16.0. The van der Waals surface area contributed by atoms with Gasteiger partial charge in [0.15, 0.2) is 11.5 Å². The largest absolute Gasteiger partial charge is 0.493 e. The van der Waals surface area contributed by atoms with Gasteiger partial charge in [0.1, 0.15) is 0 Å². The summed E-state index contributed by atoms with van der Waals surface area (Å²) in [6, 6.07) is 13.2. The topological polar surface area (TPSA) is 38.8 Å². The van der Waals surface area contributed by atoms with Crippen molar-refractivity contribution < 1.29 is 14.3 Å². The Bertz CT molecular complexity index is 752. The summed E-state index contributed by atoms with van der Waals surface area (Å²) in [6.07, 6.45) is 3.00. The number of hydrogen-bond donors (Lipinski definition) is 0. The molecule has 0 aliphatic carbocycles. The Morgan fingerprint density at radius 1 is 1.04 bits per heavy atom. The lowest BCUT2D eigenvalue weighted by Gasteiger charge is -2.32. The highest BCUT2D eigenvalue weighted by molar-refractivity contribution is 6.30. The number of carbonyl (C=O) groups is 1. The van der Waals surface area contributed by atoms with Gasteiger partial charge in [0.25, 0.3) is 5.91 Å². The number of likely N-dealkylation sites (tertiary alicyclic amines) is 1. The van der Waals surface area contributed by atoms with Crippen molar-refractivity contribution in [2.45, 2.75) is 19.3 Å². The number of piperidine rings is 1. The highest BCUT2D eigenvalue weighted by atomic mass is 35.5. The van der Waals surface area contributed by atoms with Crippen molar-refractivity contribution in [3.8, 4) is 11.5 Å². The van der Waals surface area contributed by atoms with Gasteiger partial charge < -0.3 is 14.4 Å². The Morgan fingerprint density at radius 3 is 2.31 bits per heavy atom. The molecule has 138 valence electrons. The summed E-state index contributed by atoms with van der Waals surface area (Å²) in [5, 5.41) is 0.648. The van der Waals surface area contributed by atoms with E-state index in [0.717, 1.165) is 43.9 Å². The highest BCUT2D eigenvalue weighted by Gasteiger charge is 2.24. The lowest BCUT2D eigenvalue weighted by molar-refractivity contribution is 0.0690. The molecule has 26 heavy (non-hydrogen) atoms. The molecule has 3 rings (SSSR count). The lowest BCUT2D eigenvalue weighted by Crippen LogP contribution is -2.38. The van der Waals surface area contributed by atoms with E-state index in [9.17, 15) is 4.79 Å². The molecule has 1 aliphatic rings. The van der Waals surface area contributed by atoms with Crippen LogP contribution in [0.25, 0.3) is 0 Å². The molecule has 5 heteroatoms. The monoisotopic (exact) mass is 373 g/mol. The molecule has 0 radical (unpaired) electrons. The number of nitrogens with zero attached hydrogens (tertiary/aromatic N) is 1. The van der Waals surface area contributed by atoms with Gasteiger partial charge in [-0.3, -0.25) is 4.79 Å². The molecule has 1 saturated heterocycles. The minimum absolute atomic E-state index is 0.0891. The number of hydrogen-bond acceptors (Lipinski definition) is 3. The van der Waals surface area contributed by atoms with E-state index in [-0.39, 0.29) is 5.91 Å². The summed E-state index contributed by atoms with van der Waals surface area (Å²) in [7, 11) is 3.30.